The van der Waals surface area contributed by atoms with E-state index in [2.05, 4.69) is 34.3 Å². The van der Waals surface area contributed by atoms with Gasteiger partial charge in [0.1, 0.15) is 5.82 Å². The monoisotopic (exact) mass is 249 g/mol. The lowest BCUT2D eigenvalue weighted by atomic mass is 10.3. The third kappa shape index (κ3) is 3.60. The van der Waals surface area contributed by atoms with Crippen LogP contribution in [0.1, 0.15) is 26.2 Å². The molecule has 0 bridgehead atoms. The second-order valence-electron chi connectivity index (χ2n) is 4.74. The van der Waals surface area contributed by atoms with Crippen molar-refractivity contribution >= 4 is 11.5 Å². The van der Waals surface area contributed by atoms with Crippen molar-refractivity contribution in [2.45, 2.75) is 32.2 Å². The lowest BCUT2D eigenvalue weighted by molar-refractivity contribution is 0.205. The molecule has 0 unspecified atom stereocenters. The summed E-state index contributed by atoms with van der Waals surface area (Å²) in [5, 5.41) is 3.34. The number of rotatable bonds is 8. The number of pyridine rings is 1. The van der Waals surface area contributed by atoms with E-state index in [9.17, 15) is 0 Å². The Morgan fingerprint density at radius 2 is 2.33 bits per heavy atom. The fourth-order valence-electron chi connectivity index (χ4n) is 2.05. The molecule has 0 amide bonds. The molecule has 0 saturated heterocycles. The van der Waals surface area contributed by atoms with Crippen LogP contribution in [0.25, 0.3) is 0 Å². The van der Waals surface area contributed by atoms with Gasteiger partial charge in [0.15, 0.2) is 0 Å². The summed E-state index contributed by atoms with van der Waals surface area (Å²) in [6.07, 6.45) is 5.59. The first-order valence-corrected chi connectivity index (χ1v) is 6.80. The Morgan fingerprint density at radius 1 is 1.50 bits per heavy atom. The van der Waals surface area contributed by atoms with Gasteiger partial charge in [0, 0.05) is 44.2 Å². The highest BCUT2D eigenvalue weighted by Crippen LogP contribution is 2.31. The Labute approximate surface area is 109 Å². The zero-order valence-electron chi connectivity index (χ0n) is 11.4. The topological polar surface area (TPSA) is 37.4 Å². The molecule has 100 valence electrons. The summed E-state index contributed by atoms with van der Waals surface area (Å²) in [4.78, 5) is 6.78. The van der Waals surface area contributed by atoms with Crippen molar-refractivity contribution in [2.24, 2.45) is 0 Å². The molecule has 2 rings (SSSR count). The van der Waals surface area contributed by atoms with Crippen LogP contribution in [-0.4, -0.2) is 37.8 Å². The SMILES string of the molecule is CCCNc1cc(N(CCOC)C2CC2)ccn1. The first-order valence-electron chi connectivity index (χ1n) is 6.80. The summed E-state index contributed by atoms with van der Waals surface area (Å²) < 4.78 is 5.19. The molecule has 1 aromatic rings. The molecule has 1 heterocycles. The maximum Gasteiger partial charge on any atom is 0.127 e. The second-order valence-corrected chi connectivity index (χ2v) is 4.74. The lowest BCUT2D eigenvalue weighted by Crippen LogP contribution is -2.29. The van der Waals surface area contributed by atoms with Crippen LogP contribution in [0.2, 0.25) is 0 Å². The van der Waals surface area contributed by atoms with Crippen LogP contribution in [0.5, 0.6) is 0 Å². The average Bonchev–Trinajstić information content (AvgIpc) is 3.22. The molecule has 0 aliphatic heterocycles. The normalized spacial score (nSPS) is 14.6. The highest BCUT2D eigenvalue weighted by atomic mass is 16.5. The smallest absolute Gasteiger partial charge is 0.127 e. The zero-order valence-corrected chi connectivity index (χ0v) is 11.4. The Morgan fingerprint density at radius 3 is 3.00 bits per heavy atom. The minimum absolute atomic E-state index is 0.696. The number of methoxy groups -OCH3 is 1. The molecule has 1 aliphatic rings. The third-order valence-corrected chi connectivity index (χ3v) is 3.16. The van der Waals surface area contributed by atoms with Gasteiger partial charge in [-0.2, -0.15) is 0 Å². The molecular weight excluding hydrogens is 226 g/mol. The van der Waals surface area contributed by atoms with Crippen molar-refractivity contribution in [3.8, 4) is 0 Å². The molecule has 0 atom stereocenters. The van der Waals surface area contributed by atoms with E-state index in [1.54, 1.807) is 7.11 Å². The van der Waals surface area contributed by atoms with Gasteiger partial charge in [-0.3, -0.25) is 0 Å². The molecule has 1 aromatic heterocycles. The first kappa shape index (κ1) is 13.1. The number of anilines is 2. The Kier molecular flexibility index (Phi) is 4.81. The molecule has 4 heteroatoms. The number of hydrogen-bond acceptors (Lipinski definition) is 4. The van der Waals surface area contributed by atoms with E-state index in [0.717, 1.165) is 31.9 Å². The number of ether oxygens (including phenoxy) is 1. The molecule has 0 radical (unpaired) electrons. The predicted octanol–water partition coefficient (Wildman–Crippen LogP) is 2.52. The number of nitrogens with zero attached hydrogens (tertiary/aromatic N) is 2. The summed E-state index contributed by atoms with van der Waals surface area (Å²) in [7, 11) is 1.76. The van der Waals surface area contributed by atoms with E-state index >= 15 is 0 Å². The van der Waals surface area contributed by atoms with Crippen molar-refractivity contribution in [1.29, 1.82) is 0 Å². The quantitative estimate of drug-likeness (QED) is 0.768. The molecule has 0 spiro atoms. The predicted molar refractivity (Wildman–Crippen MR) is 75.3 cm³/mol. The van der Waals surface area contributed by atoms with E-state index in [0.29, 0.717) is 6.04 Å². The van der Waals surface area contributed by atoms with Crippen LogP contribution in [0.3, 0.4) is 0 Å². The van der Waals surface area contributed by atoms with Gasteiger partial charge >= 0.3 is 0 Å². The standard InChI is InChI=1S/C14H23N3O/c1-3-7-15-14-11-13(6-8-16-14)17(9-10-18-2)12-4-5-12/h6,8,11-12H,3-5,7,9-10H2,1-2H3,(H,15,16). The molecule has 1 aliphatic carbocycles. The molecule has 1 fully saturated rings. The summed E-state index contributed by atoms with van der Waals surface area (Å²) in [6.45, 7) is 4.86. The van der Waals surface area contributed by atoms with Crippen LogP contribution in [0, 0.1) is 0 Å². The number of nitrogens with one attached hydrogen (secondary N) is 1. The summed E-state index contributed by atoms with van der Waals surface area (Å²) >= 11 is 0. The Balaban J connectivity index is 2.03. The van der Waals surface area contributed by atoms with Gasteiger partial charge in [0.25, 0.3) is 0 Å². The van der Waals surface area contributed by atoms with E-state index in [4.69, 9.17) is 4.74 Å². The molecule has 1 N–H and O–H groups in total. The van der Waals surface area contributed by atoms with E-state index in [1.807, 2.05) is 6.20 Å². The molecule has 4 nitrogen and oxygen atoms in total. The van der Waals surface area contributed by atoms with Gasteiger partial charge in [-0.1, -0.05) is 6.92 Å². The van der Waals surface area contributed by atoms with Crippen LogP contribution < -0.4 is 10.2 Å². The molecule has 0 aromatic carbocycles. The van der Waals surface area contributed by atoms with Gasteiger partial charge in [-0.25, -0.2) is 4.98 Å². The van der Waals surface area contributed by atoms with Crippen molar-refractivity contribution in [1.82, 2.24) is 4.98 Å². The van der Waals surface area contributed by atoms with Crippen molar-refractivity contribution in [2.75, 3.05) is 37.0 Å². The molecule has 18 heavy (non-hydrogen) atoms. The van der Waals surface area contributed by atoms with Crippen LogP contribution in [0.4, 0.5) is 11.5 Å². The summed E-state index contributed by atoms with van der Waals surface area (Å²) in [6, 6.07) is 4.93. The third-order valence-electron chi connectivity index (χ3n) is 3.16. The second kappa shape index (κ2) is 6.59. The van der Waals surface area contributed by atoms with Crippen LogP contribution in [0.15, 0.2) is 18.3 Å². The summed E-state index contributed by atoms with van der Waals surface area (Å²) in [5.41, 5.74) is 1.25. The largest absolute Gasteiger partial charge is 0.383 e. The molecule has 1 saturated carbocycles. The fourth-order valence-corrected chi connectivity index (χ4v) is 2.05. The minimum atomic E-state index is 0.696. The van der Waals surface area contributed by atoms with Crippen molar-refractivity contribution in [3.05, 3.63) is 18.3 Å². The van der Waals surface area contributed by atoms with Crippen molar-refractivity contribution < 1.29 is 4.74 Å². The van der Waals surface area contributed by atoms with Gasteiger partial charge in [-0.05, 0) is 25.3 Å². The van der Waals surface area contributed by atoms with Gasteiger partial charge in [-0.15, -0.1) is 0 Å². The van der Waals surface area contributed by atoms with E-state index < -0.39 is 0 Å². The van der Waals surface area contributed by atoms with Crippen LogP contribution in [-0.2, 0) is 4.74 Å². The highest BCUT2D eigenvalue weighted by molar-refractivity contribution is 5.55. The minimum Gasteiger partial charge on any atom is -0.383 e. The van der Waals surface area contributed by atoms with E-state index in [-0.39, 0.29) is 0 Å². The summed E-state index contributed by atoms with van der Waals surface area (Å²) in [5.74, 6) is 0.970. The van der Waals surface area contributed by atoms with Crippen molar-refractivity contribution in [3.63, 3.8) is 0 Å². The number of hydrogen-bond donors (Lipinski definition) is 1. The lowest BCUT2D eigenvalue weighted by Gasteiger charge is -2.24. The average molecular weight is 249 g/mol. The van der Waals surface area contributed by atoms with Gasteiger partial charge < -0.3 is 15.0 Å². The van der Waals surface area contributed by atoms with Crippen LogP contribution >= 0.6 is 0 Å². The maximum atomic E-state index is 5.19. The highest BCUT2D eigenvalue weighted by Gasteiger charge is 2.29. The van der Waals surface area contributed by atoms with Gasteiger partial charge in [0.05, 0.1) is 6.61 Å². The molecular formula is C14H23N3O. The Hall–Kier alpha value is -1.29. The van der Waals surface area contributed by atoms with E-state index in [1.165, 1.54) is 18.5 Å². The van der Waals surface area contributed by atoms with Gasteiger partial charge in [0.2, 0.25) is 0 Å². The fraction of sp³-hybridized carbons (Fsp3) is 0.643. The Bertz CT molecular complexity index is 366. The number of aromatic nitrogens is 1. The maximum absolute atomic E-state index is 5.19. The first-order chi connectivity index (χ1) is 8.85. The zero-order chi connectivity index (χ0) is 12.8.